The van der Waals surface area contributed by atoms with Crippen LogP contribution < -0.4 is 15.4 Å². The molecule has 0 radical (unpaired) electrons. The Morgan fingerprint density at radius 3 is 2.43 bits per heavy atom. The third kappa shape index (κ3) is 5.31. The highest BCUT2D eigenvalue weighted by Crippen LogP contribution is 2.13. The zero-order chi connectivity index (χ0) is 15.1. The fourth-order valence-electron chi connectivity index (χ4n) is 1.57. The Morgan fingerprint density at radius 1 is 1.10 bits per heavy atom. The lowest BCUT2D eigenvalue weighted by atomic mass is 10.3. The van der Waals surface area contributed by atoms with Crippen molar-refractivity contribution in [2.75, 3.05) is 18.5 Å². The van der Waals surface area contributed by atoms with Crippen LogP contribution in [0.3, 0.4) is 0 Å². The molecule has 0 saturated heterocycles. The van der Waals surface area contributed by atoms with Gasteiger partial charge in [-0.15, -0.1) is 0 Å². The van der Waals surface area contributed by atoms with Crippen LogP contribution in [0.4, 0.5) is 14.9 Å². The first-order chi connectivity index (χ1) is 10.1. The van der Waals surface area contributed by atoms with Crippen molar-refractivity contribution < 1.29 is 13.9 Å². The van der Waals surface area contributed by atoms with Crippen LogP contribution in [-0.4, -0.2) is 19.2 Å². The van der Waals surface area contributed by atoms with Crippen LogP contribution in [0, 0.1) is 5.82 Å². The van der Waals surface area contributed by atoms with Gasteiger partial charge in [0.25, 0.3) is 0 Å². The van der Waals surface area contributed by atoms with Crippen LogP contribution >= 0.6 is 11.6 Å². The van der Waals surface area contributed by atoms with E-state index < -0.39 is 0 Å². The van der Waals surface area contributed by atoms with E-state index >= 15 is 0 Å². The molecule has 2 aromatic rings. The number of carbonyl (C=O) groups is 1. The molecule has 2 aromatic carbocycles. The molecule has 0 saturated carbocycles. The molecule has 0 atom stereocenters. The van der Waals surface area contributed by atoms with Gasteiger partial charge in [-0.25, -0.2) is 9.18 Å². The highest BCUT2D eigenvalue weighted by atomic mass is 35.5. The molecule has 0 bridgehead atoms. The third-order valence-electron chi connectivity index (χ3n) is 2.57. The van der Waals surface area contributed by atoms with Crippen molar-refractivity contribution in [3.8, 4) is 5.75 Å². The van der Waals surface area contributed by atoms with Crippen LogP contribution in [-0.2, 0) is 0 Å². The van der Waals surface area contributed by atoms with Crippen LogP contribution in [0.5, 0.6) is 5.75 Å². The number of amides is 2. The SMILES string of the molecule is O=C(NCCOc1ccc(F)cc1)Nc1ccc(Cl)cc1. The molecule has 110 valence electrons. The molecular formula is C15H14ClFN2O2. The van der Waals surface area contributed by atoms with Crippen LogP contribution in [0.25, 0.3) is 0 Å². The molecule has 21 heavy (non-hydrogen) atoms. The maximum absolute atomic E-state index is 12.7. The summed E-state index contributed by atoms with van der Waals surface area (Å²) in [6, 6.07) is 12.1. The molecule has 0 aliphatic rings. The fourth-order valence-corrected chi connectivity index (χ4v) is 1.70. The first-order valence-corrected chi connectivity index (χ1v) is 6.70. The standard InChI is InChI=1S/C15H14ClFN2O2/c16-11-1-5-13(6-2-11)19-15(20)18-9-10-21-14-7-3-12(17)4-8-14/h1-8H,9-10H2,(H2,18,19,20). The van der Waals surface area contributed by atoms with Crippen molar-refractivity contribution in [3.63, 3.8) is 0 Å². The average molecular weight is 309 g/mol. The summed E-state index contributed by atoms with van der Waals surface area (Å²) in [6.45, 7) is 0.621. The number of urea groups is 1. The van der Waals surface area contributed by atoms with Gasteiger partial charge < -0.3 is 15.4 Å². The molecule has 2 N–H and O–H groups in total. The van der Waals surface area contributed by atoms with E-state index in [0.29, 0.717) is 29.6 Å². The van der Waals surface area contributed by atoms with E-state index in [4.69, 9.17) is 16.3 Å². The Morgan fingerprint density at radius 2 is 1.76 bits per heavy atom. The number of halogens is 2. The molecule has 6 heteroatoms. The second-order valence-electron chi connectivity index (χ2n) is 4.19. The van der Waals surface area contributed by atoms with Gasteiger partial charge in [0.05, 0.1) is 6.54 Å². The Balaban J connectivity index is 1.67. The van der Waals surface area contributed by atoms with Gasteiger partial charge in [0.2, 0.25) is 0 Å². The van der Waals surface area contributed by atoms with Gasteiger partial charge in [-0.2, -0.15) is 0 Å². The molecular weight excluding hydrogens is 295 g/mol. The molecule has 0 aromatic heterocycles. The van der Waals surface area contributed by atoms with Crippen molar-refractivity contribution in [3.05, 3.63) is 59.4 Å². The molecule has 2 amide bonds. The predicted octanol–water partition coefficient (Wildman–Crippen LogP) is 3.68. The fraction of sp³-hybridized carbons (Fsp3) is 0.133. The molecule has 0 fully saturated rings. The van der Waals surface area contributed by atoms with E-state index in [9.17, 15) is 9.18 Å². The van der Waals surface area contributed by atoms with E-state index in [1.54, 1.807) is 24.3 Å². The van der Waals surface area contributed by atoms with E-state index in [1.165, 1.54) is 24.3 Å². The van der Waals surface area contributed by atoms with Crippen molar-refractivity contribution in [1.82, 2.24) is 5.32 Å². The highest BCUT2D eigenvalue weighted by Gasteiger charge is 2.01. The summed E-state index contributed by atoms with van der Waals surface area (Å²) >= 11 is 5.75. The number of carbonyl (C=O) groups excluding carboxylic acids is 1. The maximum atomic E-state index is 12.7. The number of hydrogen-bond acceptors (Lipinski definition) is 2. The summed E-state index contributed by atoms with van der Waals surface area (Å²) in [4.78, 5) is 11.6. The number of ether oxygens (including phenoxy) is 1. The van der Waals surface area contributed by atoms with E-state index in [1.807, 2.05) is 0 Å². The quantitative estimate of drug-likeness (QED) is 0.828. The smallest absolute Gasteiger partial charge is 0.319 e. The minimum Gasteiger partial charge on any atom is -0.492 e. The largest absolute Gasteiger partial charge is 0.492 e. The van der Waals surface area contributed by atoms with Gasteiger partial charge in [-0.1, -0.05) is 11.6 Å². The lowest BCUT2D eigenvalue weighted by molar-refractivity contribution is 0.247. The van der Waals surface area contributed by atoms with Crippen LogP contribution in [0.1, 0.15) is 0 Å². The van der Waals surface area contributed by atoms with Gasteiger partial charge >= 0.3 is 6.03 Å². The first-order valence-electron chi connectivity index (χ1n) is 6.32. The second-order valence-corrected chi connectivity index (χ2v) is 4.63. The van der Waals surface area contributed by atoms with Crippen molar-refractivity contribution in [1.29, 1.82) is 0 Å². The minimum absolute atomic E-state index is 0.291. The second kappa shape index (κ2) is 7.50. The third-order valence-corrected chi connectivity index (χ3v) is 2.82. The predicted molar refractivity (Wildman–Crippen MR) is 80.4 cm³/mol. The van der Waals surface area contributed by atoms with Gasteiger partial charge in [-0.3, -0.25) is 0 Å². The zero-order valence-electron chi connectivity index (χ0n) is 11.1. The monoisotopic (exact) mass is 308 g/mol. The Labute approximate surface area is 126 Å². The average Bonchev–Trinajstić information content (AvgIpc) is 2.48. The minimum atomic E-state index is -0.333. The number of rotatable bonds is 5. The Kier molecular flexibility index (Phi) is 5.40. The maximum Gasteiger partial charge on any atom is 0.319 e. The molecule has 0 aliphatic carbocycles. The number of hydrogen-bond donors (Lipinski definition) is 2. The number of anilines is 1. The molecule has 4 nitrogen and oxygen atoms in total. The topological polar surface area (TPSA) is 50.4 Å². The van der Waals surface area contributed by atoms with Gasteiger partial charge in [0, 0.05) is 10.7 Å². The van der Waals surface area contributed by atoms with Crippen molar-refractivity contribution >= 4 is 23.3 Å². The van der Waals surface area contributed by atoms with Gasteiger partial charge in [0.15, 0.2) is 0 Å². The van der Waals surface area contributed by atoms with E-state index in [-0.39, 0.29) is 11.8 Å². The lowest BCUT2D eigenvalue weighted by Crippen LogP contribution is -2.32. The van der Waals surface area contributed by atoms with Crippen molar-refractivity contribution in [2.45, 2.75) is 0 Å². The van der Waals surface area contributed by atoms with Gasteiger partial charge in [-0.05, 0) is 48.5 Å². The Hall–Kier alpha value is -2.27. The molecule has 2 rings (SSSR count). The zero-order valence-corrected chi connectivity index (χ0v) is 11.9. The summed E-state index contributed by atoms with van der Waals surface area (Å²) in [6.07, 6.45) is 0. The normalized spacial score (nSPS) is 10.0. The number of nitrogens with one attached hydrogen (secondary N) is 2. The lowest BCUT2D eigenvalue weighted by Gasteiger charge is -2.09. The highest BCUT2D eigenvalue weighted by molar-refractivity contribution is 6.30. The summed E-state index contributed by atoms with van der Waals surface area (Å²) in [5, 5.41) is 5.91. The summed E-state index contributed by atoms with van der Waals surface area (Å²) < 4.78 is 18.0. The summed E-state index contributed by atoms with van der Waals surface area (Å²) in [5.41, 5.74) is 0.649. The molecule has 0 aliphatic heterocycles. The van der Waals surface area contributed by atoms with Crippen LogP contribution in [0.2, 0.25) is 5.02 Å². The number of benzene rings is 2. The van der Waals surface area contributed by atoms with Crippen LogP contribution in [0.15, 0.2) is 48.5 Å². The summed E-state index contributed by atoms with van der Waals surface area (Å²) in [5.74, 6) is 0.235. The molecule has 0 heterocycles. The molecule has 0 unspecified atom stereocenters. The summed E-state index contributed by atoms with van der Waals surface area (Å²) in [7, 11) is 0. The molecule has 0 spiro atoms. The first kappa shape index (κ1) is 15.1. The Bertz CT molecular complexity index is 588. The van der Waals surface area contributed by atoms with Crippen molar-refractivity contribution in [2.24, 2.45) is 0 Å². The van der Waals surface area contributed by atoms with E-state index in [0.717, 1.165) is 0 Å². The van der Waals surface area contributed by atoms with Gasteiger partial charge in [0.1, 0.15) is 18.2 Å². The van der Waals surface area contributed by atoms with E-state index in [2.05, 4.69) is 10.6 Å².